The van der Waals surface area contributed by atoms with E-state index >= 15 is 0 Å². The molecule has 1 saturated heterocycles. The minimum absolute atomic E-state index is 0.0121. The molecule has 1 heterocycles. The van der Waals surface area contributed by atoms with Crippen molar-refractivity contribution < 1.29 is 28.5 Å². The van der Waals surface area contributed by atoms with Gasteiger partial charge in [-0.25, -0.2) is 4.79 Å². The molecule has 0 bridgehead atoms. The summed E-state index contributed by atoms with van der Waals surface area (Å²) in [6.45, 7) is 3.20. The maximum Gasteiger partial charge on any atom is 0.407 e. The van der Waals surface area contributed by atoms with E-state index in [1.807, 2.05) is 0 Å². The molecule has 144 valence electrons. The lowest BCUT2D eigenvalue weighted by Gasteiger charge is -2.32. The number of piperidine rings is 1. The molecule has 1 aromatic rings. The molecule has 8 heteroatoms. The smallest absolute Gasteiger partial charge is 0.407 e. The summed E-state index contributed by atoms with van der Waals surface area (Å²) in [5.41, 5.74) is 0.469. The molecule has 26 heavy (non-hydrogen) atoms. The normalized spacial score (nSPS) is 14.5. The van der Waals surface area contributed by atoms with Crippen molar-refractivity contribution in [2.75, 3.05) is 41.0 Å². The number of nitrogens with one attached hydrogen (secondary N) is 1. The third kappa shape index (κ3) is 4.50. The lowest BCUT2D eigenvalue weighted by molar-refractivity contribution is 0.0701. The maximum absolute atomic E-state index is 12.8. The summed E-state index contributed by atoms with van der Waals surface area (Å²) >= 11 is 0. The van der Waals surface area contributed by atoms with Crippen LogP contribution < -0.4 is 19.5 Å². The quantitative estimate of drug-likeness (QED) is 0.829. The van der Waals surface area contributed by atoms with Crippen LogP contribution in [0, 0.1) is 0 Å². The topological polar surface area (TPSA) is 86.3 Å². The van der Waals surface area contributed by atoms with Gasteiger partial charge in [-0.2, -0.15) is 0 Å². The number of ether oxygens (including phenoxy) is 4. The second-order valence-corrected chi connectivity index (χ2v) is 5.85. The highest BCUT2D eigenvalue weighted by atomic mass is 16.5. The van der Waals surface area contributed by atoms with Gasteiger partial charge in [0.05, 0.1) is 27.9 Å². The van der Waals surface area contributed by atoms with E-state index in [1.54, 1.807) is 24.0 Å². The Hall–Kier alpha value is -2.64. The highest BCUT2D eigenvalue weighted by Gasteiger charge is 2.26. The zero-order valence-corrected chi connectivity index (χ0v) is 15.7. The number of methoxy groups -OCH3 is 3. The first-order chi connectivity index (χ1) is 12.5. The average Bonchev–Trinajstić information content (AvgIpc) is 2.66. The predicted molar refractivity (Wildman–Crippen MR) is 95.2 cm³/mol. The monoisotopic (exact) mass is 366 g/mol. The first-order valence-corrected chi connectivity index (χ1v) is 8.56. The molecule has 0 unspecified atom stereocenters. The molecule has 1 fully saturated rings. The first-order valence-electron chi connectivity index (χ1n) is 8.56. The number of rotatable bonds is 6. The van der Waals surface area contributed by atoms with Crippen LogP contribution in [0.15, 0.2) is 12.1 Å². The second-order valence-electron chi connectivity index (χ2n) is 5.85. The van der Waals surface area contributed by atoms with Crippen molar-refractivity contribution in [2.24, 2.45) is 0 Å². The van der Waals surface area contributed by atoms with Crippen LogP contribution in [0.4, 0.5) is 4.79 Å². The molecule has 1 aliphatic rings. The van der Waals surface area contributed by atoms with E-state index in [-0.39, 0.29) is 11.9 Å². The summed E-state index contributed by atoms with van der Waals surface area (Å²) in [6.07, 6.45) is 0.936. The summed E-state index contributed by atoms with van der Waals surface area (Å²) in [5.74, 6) is 1.21. The van der Waals surface area contributed by atoms with Crippen molar-refractivity contribution in [3.63, 3.8) is 0 Å². The lowest BCUT2D eigenvalue weighted by Crippen LogP contribution is -2.46. The number of hydrogen-bond donors (Lipinski definition) is 1. The van der Waals surface area contributed by atoms with Gasteiger partial charge >= 0.3 is 6.09 Å². The number of nitrogens with zero attached hydrogens (tertiary/aromatic N) is 1. The molecular formula is C18H26N2O6. The average molecular weight is 366 g/mol. The highest BCUT2D eigenvalue weighted by molar-refractivity contribution is 5.95. The van der Waals surface area contributed by atoms with Crippen molar-refractivity contribution in [2.45, 2.75) is 25.8 Å². The zero-order chi connectivity index (χ0) is 19.1. The van der Waals surface area contributed by atoms with Crippen LogP contribution in [0.1, 0.15) is 30.1 Å². The maximum atomic E-state index is 12.8. The van der Waals surface area contributed by atoms with E-state index in [2.05, 4.69) is 5.32 Å². The van der Waals surface area contributed by atoms with Crippen LogP contribution in [0.25, 0.3) is 0 Å². The summed E-state index contributed by atoms with van der Waals surface area (Å²) in [5, 5.41) is 2.81. The Labute approximate surface area is 153 Å². The van der Waals surface area contributed by atoms with Crippen LogP contribution in [0.2, 0.25) is 0 Å². The molecule has 2 amide bonds. The van der Waals surface area contributed by atoms with Crippen LogP contribution >= 0.6 is 0 Å². The third-order valence-electron chi connectivity index (χ3n) is 4.29. The van der Waals surface area contributed by atoms with Gasteiger partial charge in [0, 0.05) is 24.7 Å². The molecule has 0 saturated carbocycles. The molecule has 2 rings (SSSR count). The fourth-order valence-electron chi connectivity index (χ4n) is 2.95. The molecule has 1 aliphatic heterocycles. The van der Waals surface area contributed by atoms with E-state index in [0.717, 1.165) is 0 Å². The number of carbonyl (C=O) groups is 2. The SMILES string of the molecule is CCOC(=O)NC1CCN(C(=O)c2cc(OC)c(OC)c(OC)c2)CC1. The van der Waals surface area contributed by atoms with Gasteiger partial charge in [-0.05, 0) is 31.9 Å². The predicted octanol–water partition coefficient (Wildman–Crippen LogP) is 2.06. The van der Waals surface area contributed by atoms with E-state index in [1.165, 1.54) is 21.3 Å². The molecule has 0 spiro atoms. The Kier molecular flexibility index (Phi) is 6.94. The van der Waals surface area contributed by atoms with Gasteiger partial charge < -0.3 is 29.2 Å². The van der Waals surface area contributed by atoms with Gasteiger partial charge in [0.15, 0.2) is 11.5 Å². The van der Waals surface area contributed by atoms with Gasteiger partial charge in [-0.1, -0.05) is 0 Å². The van der Waals surface area contributed by atoms with Crippen molar-refractivity contribution in [1.29, 1.82) is 0 Å². The van der Waals surface area contributed by atoms with Crippen LogP contribution in [0.3, 0.4) is 0 Å². The summed E-state index contributed by atoms with van der Waals surface area (Å²) < 4.78 is 20.8. The lowest BCUT2D eigenvalue weighted by atomic mass is 10.0. The standard InChI is InChI=1S/C18H26N2O6/c1-5-26-18(22)19-13-6-8-20(9-7-13)17(21)12-10-14(23-2)16(25-4)15(11-12)24-3/h10-11,13H,5-9H2,1-4H3,(H,19,22). The van der Waals surface area contributed by atoms with Gasteiger partial charge in [-0.3, -0.25) is 4.79 Å². The molecule has 0 radical (unpaired) electrons. The number of amides is 2. The third-order valence-corrected chi connectivity index (χ3v) is 4.29. The number of benzene rings is 1. The Morgan fingerprint density at radius 1 is 1.08 bits per heavy atom. The van der Waals surface area contributed by atoms with E-state index in [0.29, 0.717) is 55.4 Å². The molecule has 0 aliphatic carbocycles. The Balaban J connectivity index is 2.05. The second kappa shape index (κ2) is 9.17. The highest BCUT2D eigenvalue weighted by Crippen LogP contribution is 2.38. The fraction of sp³-hybridized carbons (Fsp3) is 0.556. The van der Waals surface area contributed by atoms with Gasteiger partial charge in [0.25, 0.3) is 5.91 Å². The van der Waals surface area contributed by atoms with E-state index < -0.39 is 6.09 Å². The molecule has 0 aromatic heterocycles. The number of alkyl carbamates (subject to hydrolysis) is 1. The molecule has 8 nitrogen and oxygen atoms in total. The summed E-state index contributed by atoms with van der Waals surface area (Å²) in [6, 6.07) is 3.30. The minimum Gasteiger partial charge on any atom is -0.493 e. The van der Waals surface area contributed by atoms with Crippen molar-refractivity contribution in [3.8, 4) is 17.2 Å². The fourth-order valence-corrected chi connectivity index (χ4v) is 2.95. The van der Waals surface area contributed by atoms with Crippen LogP contribution in [-0.4, -0.2) is 64.0 Å². The molecule has 0 atom stereocenters. The Morgan fingerprint density at radius 3 is 2.12 bits per heavy atom. The van der Waals surface area contributed by atoms with Crippen LogP contribution in [-0.2, 0) is 4.74 Å². The van der Waals surface area contributed by atoms with Gasteiger partial charge in [-0.15, -0.1) is 0 Å². The minimum atomic E-state index is -0.415. The first kappa shape index (κ1) is 19.7. The van der Waals surface area contributed by atoms with Gasteiger partial charge in [0.2, 0.25) is 5.75 Å². The summed E-state index contributed by atoms with van der Waals surface area (Å²) in [4.78, 5) is 26.1. The number of hydrogen-bond acceptors (Lipinski definition) is 6. The van der Waals surface area contributed by atoms with Crippen molar-refractivity contribution in [3.05, 3.63) is 17.7 Å². The van der Waals surface area contributed by atoms with Crippen molar-refractivity contribution in [1.82, 2.24) is 10.2 Å². The van der Waals surface area contributed by atoms with E-state index in [4.69, 9.17) is 18.9 Å². The van der Waals surface area contributed by atoms with Crippen molar-refractivity contribution >= 4 is 12.0 Å². The molecule has 1 aromatic carbocycles. The Bertz CT molecular complexity index is 616. The zero-order valence-electron chi connectivity index (χ0n) is 15.7. The largest absolute Gasteiger partial charge is 0.493 e. The van der Waals surface area contributed by atoms with Gasteiger partial charge in [0.1, 0.15) is 0 Å². The number of likely N-dealkylation sites (tertiary alicyclic amines) is 1. The summed E-state index contributed by atoms with van der Waals surface area (Å²) in [7, 11) is 4.54. The van der Waals surface area contributed by atoms with E-state index in [9.17, 15) is 9.59 Å². The molecular weight excluding hydrogens is 340 g/mol. The Morgan fingerprint density at radius 2 is 1.65 bits per heavy atom. The molecule has 1 N–H and O–H groups in total. The van der Waals surface area contributed by atoms with Crippen LogP contribution in [0.5, 0.6) is 17.2 Å². The number of carbonyl (C=O) groups excluding carboxylic acids is 2.